The monoisotopic (exact) mass is 401 g/mol. The van der Waals surface area contributed by atoms with E-state index >= 15 is 0 Å². The second kappa shape index (κ2) is 7.17. The number of anilines is 1. The molecule has 7 heteroatoms. The summed E-state index contributed by atoms with van der Waals surface area (Å²) in [6, 6.07) is 14.3. The molecule has 1 aromatic heterocycles. The van der Waals surface area contributed by atoms with Crippen molar-refractivity contribution in [1.29, 1.82) is 0 Å². The van der Waals surface area contributed by atoms with Gasteiger partial charge in [-0.15, -0.1) is 11.3 Å². The number of rotatable bonds is 5. The van der Waals surface area contributed by atoms with Crippen molar-refractivity contribution in [2.45, 2.75) is 25.7 Å². The molecule has 3 rings (SSSR count). The molecule has 27 heavy (non-hydrogen) atoms. The Morgan fingerprint density at radius 1 is 0.963 bits per heavy atom. The number of hydrogen-bond acceptors (Lipinski definition) is 4. The highest BCUT2D eigenvalue weighted by Crippen LogP contribution is 2.36. The second-order valence-electron chi connectivity index (χ2n) is 6.40. The second-order valence-corrected chi connectivity index (χ2v) is 9.10. The van der Waals surface area contributed by atoms with E-state index in [4.69, 9.17) is 0 Å². The Hall–Kier alpha value is -2.64. The lowest BCUT2D eigenvalue weighted by molar-refractivity contribution is 0.0703. The minimum absolute atomic E-state index is 0.0422. The molecule has 1 heterocycles. The normalized spacial score (nSPS) is 11.4. The van der Waals surface area contributed by atoms with Crippen molar-refractivity contribution in [3.05, 3.63) is 70.1 Å². The highest BCUT2D eigenvalue weighted by molar-refractivity contribution is 7.92. The van der Waals surface area contributed by atoms with Gasteiger partial charge in [0.1, 0.15) is 4.88 Å². The number of aryl methyl sites for hydroxylation is 3. The van der Waals surface area contributed by atoms with Crippen LogP contribution in [0.15, 0.2) is 53.4 Å². The summed E-state index contributed by atoms with van der Waals surface area (Å²) in [5.41, 5.74) is 3.41. The first-order valence-corrected chi connectivity index (χ1v) is 10.5. The summed E-state index contributed by atoms with van der Waals surface area (Å²) in [6.45, 7) is 5.48. The molecule has 0 bridgehead atoms. The van der Waals surface area contributed by atoms with Gasteiger partial charge in [-0.25, -0.2) is 13.2 Å². The van der Waals surface area contributed by atoms with E-state index in [-0.39, 0.29) is 15.5 Å². The van der Waals surface area contributed by atoms with Crippen LogP contribution in [0.2, 0.25) is 0 Å². The van der Waals surface area contributed by atoms with Gasteiger partial charge in [0, 0.05) is 4.88 Å². The van der Waals surface area contributed by atoms with E-state index in [0.717, 1.165) is 28.0 Å². The molecule has 0 aliphatic heterocycles. The van der Waals surface area contributed by atoms with Crippen molar-refractivity contribution in [3.8, 4) is 10.4 Å². The van der Waals surface area contributed by atoms with Crippen LogP contribution in [0.3, 0.4) is 0 Å². The molecule has 0 radical (unpaired) electrons. The quantitative estimate of drug-likeness (QED) is 0.641. The maximum atomic E-state index is 12.8. The maximum absolute atomic E-state index is 12.8. The molecule has 0 spiro atoms. The first-order chi connectivity index (χ1) is 12.7. The molecule has 2 aromatic carbocycles. The minimum Gasteiger partial charge on any atom is -0.477 e. The summed E-state index contributed by atoms with van der Waals surface area (Å²) in [5, 5.41) is 9.51. The highest BCUT2D eigenvalue weighted by Gasteiger charge is 2.23. The summed E-state index contributed by atoms with van der Waals surface area (Å²) in [4.78, 5) is 12.4. The summed E-state index contributed by atoms with van der Waals surface area (Å²) >= 11 is 1.04. The predicted octanol–water partition coefficient (Wildman–Crippen LogP) is 4.84. The molecule has 0 unspecified atom stereocenters. The van der Waals surface area contributed by atoms with Crippen LogP contribution in [0, 0.1) is 20.8 Å². The topological polar surface area (TPSA) is 83.5 Å². The first-order valence-electron chi connectivity index (χ1n) is 8.21. The van der Waals surface area contributed by atoms with Crippen LogP contribution in [-0.4, -0.2) is 19.5 Å². The first kappa shape index (κ1) is 19.1. The zero-order valence-corrected chi connectivity index (χ0v) is 16.7. The van der Waals surface area contributed by atoms with Gasteiger partial charge in [-0.05, 0) is 49.6 Å². The largest absolute Gasteiger partial charge is 0.477 e. The number of hydrogen-bond donors (Lipinski definition) is 2. The van der Waals surface area contributed by atoms with Crippen LogP contribution in [-0.2, 0) is 10.0 Å². The van der Waals surface area contributed by atoms with E-state index < -0.39 is 16.0 Å². The Morgan fingerprint density at radius 3 is 2.22 bits per heavy atom. The number of carboxylic acid groups (broad SMARTS) is 1. The molecule has 0 aliphatic rings. The fourth-order valence-corrected chi connectivity index (χ4v) is 5.10. The summed E-state index contributed by atoms with van der Waals surface area (Å²) in [6.07, 6.45) is 0. The molecule has 0 saturated heterocycles. The van der Waals surface area contributed by atoms with Crippen LogP contribution < -0.4 is 4.72 Å². The van der Waals surface area contributed by atoms with Gasteiger partial charge in [-0.2, -0.15) is 0 Å². The molecule has 3 aromatic rings. The van der Waals surface area contributed by atoms with Crippen molar-refractivity contribution in [2.24, 2.45) is 0 Å². The molecule has 0 amide bonds. The predicted molar refractivity (Wildman–Crippen MR) is 108 cm³/mol. The smallest absolute Gasteiger partial charge is 0.348 e. The molecule has 140 valence electrons. The minimum atomic E-state index is -3.90. The fraction of sp³-hybridized carbons (Fsp3) is 0.150. The molecule has 0 atom stereocenters. The van der Waals surface area contributed by atoms with Gasteiger partial charge >= 0.3 is 5.97 Å². The molecule has 0 aliphatic carbocycles. The number of aromatic carboxylic acids is 1. The van der Waals surface area contributed by atoms with E-state index in [0.29, 0.717) is 10.4 Å². The number of nitrogens with one attached hydrogen (secondary N) is 1. The van der Waals surface area contributed by atoms with Crippen molar-refractivity contribution >= 4 is 33.0 Å². The van der Waals surface area contributed by atoms with Gasteiger partial charge in [0.15, 0.2) is 0 Å². The summed E-state index contributed by atoms with van der Waals surface area (Å²) < 4.78 is 28.1. The molecular formula is C20H19NO4S2. The van der Waals surface area contributed by atoms with Gasteiger partial charge < -0.3 is 5.11 Å². The van der Waals surface area contributed by atoms with E-state index in [1.54, 1.807) is 32.0 Å². The molecule has 2 N–H and O–H groups in total. The number of thiophene rings is 1. The van der Waals surface area contributed by atoms with Gasteiger partial charge in [-0.1, -0.05) is 42.0 Å². The van der Waals surface area contributed by atoms with Crippen LogP contribution >= 0.6 is 11.3 Å². The van der Waals surface area contributed by atoms with E-state index in [9.17, 15) is 18.3 Å². The third-order valence-electron chi connectivity index (χ3n) is 4.14. The third-order valence-corrected chi connectivity index (χ3v) is 6.82. The van der Waals surface area contributed by atoms with Gasteiger partial charge in [0.25, 0.3) is 10.0 Å². The average molecular weight is 402 g/mol. The standard InChI is InChI=1S/C20H19NO4S2/c1-12-5-8-15(9-6-12)17-11-16(19(26-17)20(22)23)21-27(24,25)18-10-13(2)4-7-14(18)3/h4-11,21H,1-3H3,(H,22,23). The van der Waals surface area contributed by atoms with Crippen LogP contribution in [0.5, 0.6) is 0 Å². The lowest BCUT2D eigenvalue weighted by Crippen LogP contribution is -2.15. The van der Waals surface area contributed by atoms with Crippen LogP contribution in [0.25, 0.3) is 10.4 Å². The molecule has 0 saturated carbocycles. The number of sulfonamides is 1. The van der Waals surface area contributed by atoms with Crippen LogP contribution in [0.1, 0.15) is 26.4 Å². The highest BCUT2D eigenvalue weighted by atomic mass is 32.2. The van der Waals surface area contributed by atoms with E-state index in [1.807, 2.05) is 37.3 Å². The van der Waals surface area contributed by atoms with Gasteiger partial charge in [-0.3, -0.25) is 4.72 Å². The molecule has 5 nitrogen and oxygen atoms in total. The van der Waals surface area contributed by atoms with Crippen molar-refractivity contribution in [1.82, 2.24) is 0 Å². The fourth-order valence-electron chi connectivity index (χ4n) is 2.68. The average Bonchev–Trinajstić information content (AvgIpc) is 3.01. The number of carboxylic acids is 1. The SMILES string of the molecule is Cc1ccc(-c2cc(NS(=O)(=O)c3cc(C)ccc3C)c(C(=O)O)s2)cc1. The Morgan fingerprint density at radius 2 is 1.59 bits per heavy atom. The summed E-state index contributed by atoms with van der Waals surface area (Å²) in [5.74, 6) is -1.17. The van der Waals surface area contributed by atoms with Crippen molar-refractivity contribution in [3.63, 3.8) is 0 Å². The Balaban J connectivity index is 2.04. The van der Waals surface area contributed by atoms with Gasteiger partial charge in [0.05, 0.1) is 10.6 Å². The third kappa shape index (κ3) is 4.04. The number of carbonyl (C=O) groups is 1. The Labute approximate surface area is 162 Å². The molecular weight excluding hydrogens is 382 g/mol. The van der Waals surface area contributed by atoms with Crippen molar-refractivity contribution < 1.29 is 18.3 Å². The Bertz CT molecular complexity index is 1110. The Kier molecular flexibility index (Phi) is 5.08. The van der Waals surface area contributed by atoms with Crippen molar-refractivity contribution in [2.75, 3.05) is 4.72 Å². The zero-order valence-electron chi connectivity index (χ0n) is 15.1. The summed E-state index contributed by atoms with van der Waals surface area (Å²) in [7, 11) is -3.90. The van der Waals surface area contributed by atoms with Crippen LogP contribution in [0.4, 0.5) is 5.69 Å². The molecule has 0 fully saturated rings. The zero-order chi connectivity index (χ0) is 19.8. The maximum Gasteiger partial charge on any atom is 0.348 e. The van der Waals surface area contributed by atoms with E-state index in [2.05, 4.69) is 4.72 Å². The lowest BCUT2D eigenvalue weighted by atomic mass is 10.1. The lowest BCUT2D eigenvalue weighted by Gasteiger charge is -2.10. The van der Waals surface area contributed by atoms with E-state index in [1.165, 1.54) is 0 Å². The number of benzene rings is 2. The van der Waals surface area contributed by atoms with Gasteiger partial charge in [0.2, 0.25) is 0 Å².